The Kier molecular flexibility index (Phi) is 4.44. The highest BCUT2D eigenvalue weighted by Gasteiger charge is 2.28. The molecule has 2 rings (SSSR count). The number of carbonyl (C=O) groups excluding carboxylic acids is 3. The van der Waals surface area contributed by atoms with Crippen molar-refractivity contribution in [3.8, 4) is 0 Å². The van der Waals surface area contributed by atoms with E-state index in [0.717, 1.165) is 4.90 Å². The van der Waals surface area contributed by atoms with E-state index in [1.54, 1.807) is 30.9 Å². The summed E-state index contributed by atoms with van der Waals surface area (Å²) in [6.07, 6.45) is 1.96. The van der Waals surface area contributed by atoms with Crippen molar-refractivity contribution in [2.75, 3.05) is 32.9 Å². The lowest BCUT2D eigenvalue weighted by Crippen LogP contribution is -2.53. The molecule has 5 nitrogen and oxygen atoms in total. The van der Waals surface area contributed by atoms with Gasteiger partial charge in [-0.25, -0.2) is 0 Å². The van der Waals surface area contributed by atoms with Crippen molar-refractivity contribution in [2.45, 2.75) is 4.90 Å². The molecular weight excluding hydrogens is 276 g/mol. The number of Topliss-reactive ketones (excluding diaryl/α,β-unsaturated/α-hetero) is 1. The number of amides is 2. The minimum atomic E-state index is -0.193. The Bertz CT molecular complexity index is 542. The number of hydrogen-bond donors (Lipinski definition) is 0. The van der Waals surface area contributed by atoms with Gasteiger partial charge < -0.3 is 9.80 Å². The van der Waals surface area contributed by atoms with Crippen LogP contribution in [-0.4, -0.2) is 60.3 Å². The van der Waals surface area contributed by atoms with Crippen LogP contribution in [0.2, 0.25) is 0 Å². The third-order valence-corrected chi connectivity index (χ3v) is 3.97. The van der Waals surface area contributed by atoms with Crippen LogP contribution < -0.4 is 0 Å². The fourth-order valence-corrected chi connectivity index (χ4v) is 2.36. The molecule has 20 heavy (non-hydrogen) atoms. The largest absolute Gasteiger partial charge is 0.335 e. The van der Waals surface area contributed by atoms with E-state index in [-0.39, 0.29) is 37.2 Å². The summed E-state index contributed by atoms with van der Waals surface area (Å²) in [5.41, 5.74) is 0.557. The molecule has 0 saturated carbocycles. The third kappa shape index (κ3) is 3.19. The molecule has 1 aromatic carbocycles. The number of likely N-dealkylation sites (N-methyl/N-ethyl adjacent to an activating group) is 1. The maximum atomic E-state index is 12.1. The van der Waals surface area contributed by atoms with Gasteiger partial charge in [0.2, 0.25) is 11.8 Å². The van der Waals surface area contributed by atoms with Gasteiger partial charge in [-0.3, -0.25) is 14.4 Å². The lowest BCUT2D eigenvalue weighted by atomic mass is 10.1. The van der Waals surface area contributed by atoms with Gasteiger partial charge in [0.1, 0.15) is 6.54 Å². The molecule has 0 aliphatic carbocycles. The molecule has 106 valence electrons. The quantitative estimate of drug-likeness (QED) is 0.611. The highest BCUT2D eigenvalue weighted by molar-refractivity contribution is 7.98. The average Bonchev–Trinajstić information content (AvgIpc) is 2.44. The summed E-state index contributed by atoms with van der Waals surface area (Å²) in [6.45, 7) is -0.0292. The van der Waals surface area contributed by atoms with Gasteiger partial charge in [0.05, 0.1) is 13.1 Å². The zero-order chi connectivity index (χ0) is 14.7. The number of carbonyl (C=O) groups is 3. The number of benzene rings is 1. The Morgan fingerprint density at radius 1 is 1.15 bits per heavy atom. The number of nitrogens with zero attached hydrogens (tertiary/aromatic N) is 2. The molecule has 0 radical (unpaired) electrons. The lowest BCUT2D eigenvalue weighted by Gasteiger charge is -2.31. The second kappa shape index (κ2) is 6.09. The number of rotatable bonds is 4. The van der Waals surface area contributed by atoms with Crippen LogP contribution in [0.15, 0.2) is 29.2 Å². The Hall–Kier alpha value is -1.82. The molecule has 1 saturated heterocycles. The second-order valence-electron chi connectivity index (χ2n) is 4.65. The number of hydrogen-bond acceptors (Lipinski definition) is 4. The van der Waals surface area contributed by atoms with Gasteiger partial charge in [0.25, 0.3) is 0 Å². The van der Waals surface area contributed by atoms with Gasteiger partial charge in [0, 0.05) is 17.5 Å². The molecule has 1 aliphatic rings. The molecule has 6 heteroatoms. The third-order valence-electron chi connectivity index (χ3n) is 3.22. The van der Waals surface area contributed by atoms with E-state index in [4.69, 9.17) is 0 Å². The molecule has 0 bridgehead atoms. The van der Waals surface area contributed by atoms with Crippen molar-refractivity contribution in [1.82, 2.24) is 9.80 Å². The molecule has 1 aromatic rings. The molecule has 0 aromatic heterocycles. The van der Waals surface area contributed by atoms with Crippen LogP contribution in [0.5, 0.6) is 0 Å². The molecule has 1 heterocycles. The van der Waals surface area contributed by atoms with E-state index in [1.165, 1.54) is 9.80 Å². The maximum absolute atomic E-state index is 12.1. The second-order valence-corrected chi connectivity index (χ2v) is 5.53. The fraction of sp³-hybridized carbons (Fsp3) is 0.357. The number of thioether (sulfide) groups is 1. The highest BCUT2D eigenvalue weighted by atomic mass is 32.2. The Morgan fingerprint density at radius 2 is 1.80 bits per heavy atom. The van der Waals surface area contributed by atoms with Crippen molar-refractivity contribution >= 4 is 29.4 Å². The van der Waals surface area contributed by atoms with Crippen LogP contribution in [0.25, 0.3) is 0 Å². The van der Waals surface area contributed by atoms with Crippen LogP contribution in [0.3, 0.4) is 0 Å². The molecule has 0 unspecified atom stereocenters. The van der Waals surface area contributed by atoms with Crippen LogP contribution in [0.1, 0.15) is 10.4 Å². The average molecular weight is 292 g/mol. The molecule has 1 fully saturated rings. The maximum Gasteiger partial charge on any atom is 0.243 e. The number of ketones is 1. The first-order valence-electron chi connectivity index (χ1n) is 6.20. The molecule has 0 N–H and O–H groups in total. The van der Waals surface area contributed by atoms with Gasteiger partial charge in [-0.05, 0) is 18.4 Å². The monoisotopic (exact) mass is 292 g/mol. The first-order valence-corrected chi connectivity index (χ1v) is 7.42. The Labute approximate surface area is 121 Å². The molecule has 1 aliphatic heterocycles. The summed E-state index contributed by atoms with van der Waals surface area (Å²) in [5.74, 6) is -0.486. The summed E-state index contributed by atoms with van der Waals surface area (Å²) < 4.78 is 0. The Morgan fingerprint density at radius 3 is 2.40 bits per heavy atom. The first kappa shape index (κ1) is 14.6. The van der Waals surface area contributed by atoms with Crippen LogP contribution >= 0.6 is 11.8 Å². The number of piperazine rings is 1. The van der Waals surface area contributed by atoms with Crippen molar-refractivity contribution in [3.05, 3.63) is 29.8 Å². The van der Waals surface area contributed by atoms with Gasteiger partial charge >= 0.3 is 0 Å². The summed E-state index contributed by atoms with van der Waals surface area (Å²) >= 11 is 1.60. The minimum absolute atomic E-state index is 0.0238. The van der Waals surface area contributed by atoms with E-state index in [1.807, 2.05) is 18.4 Å². The zero-order valence-corrected chi connectivity index (χ0v) is 12.3. The normalized spacial score (nSPS) is 15.7. The van der Waals surface area contributed by atoms with Gasteiger partial charge in [0.15, 0.2) is 5.78 Å². The van der Waals surface area contributed by atoms with E-state index in [2.05, 4.69) is 0 Å². The first-order chi connectivity index (χ1) is 9.51. The van der Waals surface area contributed by atoms with Crippen LogP contribution in [0.4, 0.5) is 0 Å². The van der Waals surface area contributed by atoms with Gasteiger partial charge in [-0.15, -0.1) is 11.8 Å². The van der Waals surface area contributed by atoms with Crippen molar-refractivity contribution < 1.29 is 14.4 Å². The Balaban J connectivity index is 2.03. The summed E-state index contributed by atoms with van der Waals surface area (Å²) in [5, 5.41) is 0. The standard InChI is InChI=1S/C14H16N2O3S/c1-15-8-14(19)16(9-13(15)18)7-12(17)10-3-5-11(20-2)6-4-10/h3-6H,7-9H2,1-2H3. The van der Waals surface area contributed by atoms with E-state index in [9.17, 15) is 14.4 Å². The fourth-order valence-electron chi connectivity index (χ4n) is 1.95. The predicted molar refractivity (Wildman–Crippen MR) is 76.8 cm³/mol. The summed E-state index contributed by atoms with van der Waals surface area (Å²) in [6, 6.07) is 7.23. The van der Waals surface area contributed by atoms with E-state index >= 15 is 0 Å². The van der Waals surface area contributed by atoms with Crippen molar-refractivity contribution in [3.63, 3.8) is 0 Å². The summed E-state index contributed by atoms with van der Waals surface area (Å²) in [7, 11) is 1.58. The minimum Gasteiger partial charge on any atom is -0.335 e. The van der Waals surface area contributed by atoms with Crippen LogP contribution in [0, 0.1) is 0 Å². The van der Waals surface area contributed by atoms with Crippen LogP contribution in [-0.2, 0) is 9.59 Å². The van der Waals surface area contributed by atoms with Crippen molar-refractivity contribution in [1.29, 1.82) is 0 Å². The lowest BCUT2D eigenvalue weighted by molar-refractivity contribution is -0.148. The molecule has 0 atom stereocenters. The van der Waals surface area contributed by atoms with Gasteiger partial charge in [-0.1, -0.05) is 12.1 Å². The van der Waals surface area contributed by atoms with E-state index in [0.29, 0.717) is 5.56 Å². The topological polar surface area (TPSA) is 57.7 Å². The predicted octanol–water partition coefficient (Wildman–Crippen LogP) is 0.892. The molecular formula is C14H16N2O3S. The highest BCUT2D eigenvalue weighted by Crippen LogP contribution is 2.15. The van der Waals surface area contributed by atoms with Crippen molar-refractivity contribution in [2.24, 2.45) is 0 Å². The molecule has 2 amide bonds. The SMILES string of the molecule is CSc1ccc(C(=O)CN2CC(=O)N(C)CC2=O)cc1. The molecule has 0 spiro atoms. The zero-order valence-electron chi connectivity index (χ0n) is 11.5. The smallest absolute Gasteiger partial charge is 0.243 e. The summed E-state index contributed by atoms with van der Waals surface area (Å²) in [4.78, 5) is 39.2. The van der Waals surface area contributed by atoms with Gasteiger partial charge in [-0.2, -0.15) is 0 Å². The van der Waals surface area contributed by atoms with E-state index < -0.39 is 0 Å².